The Labute approximate surface area is 326 Å². The van der Waals surface area contributed by atoms with Gasteiger partial charge in [-0.3, -0.25) is 0 Å². The summed E-state index contributed by atoms with van der Waals surface area (Å²) >= 11 is 1.84. The number of rotatable bonds is 5. The summed E-state index contributed by atoms with van der Waals surface area (Å²) in [6, 6.07) is 70.3. The Balaban J connectivity index is 0.945. The Kier molecular flexibility index (Phi) is 6.80. The van der Waals surface area contributed by atoms with Gasteiger partial charge in [0.25, 0.3) is 0 Å². The summed E-state index contributed by atoms with van der Waals surface area (Å²) in [5.74, 6) is 0. The monoisotopic (exact) mass is 732 g/mol. The van der Waals surface area contributed by atoms with Crippen LogP contribution in [0.3, 0.4) is 0 Å². The maximum atomic E-state index is 6.38. The fraction of sp³-hybridized carbons (Fsp3) is 0. The van der Waals surface area contributed by atoms with Crippen LogP contribution in [0, 0.1) is 0 Å². The van der Waals surface area contributed by atoms with E-state index in [1.807, 2.05) is 23.5 Å². The van der Waals surface area contributed by atoms with Crippen LogP contribution in [0.4, 0.5) is 17.1 Å². The predicted molar refractivity (Wildman–Crippen MR) is 239 cm³/mol. The Bertz CT molecular complexity index is 3360. The van der Waals surface area contributed by atoms with Crippen molar-refractivity contribution in [1.82, 2.24) is 4.57 Å². The van der Waals surface area contributed by atoms with E-state index in [9.17, 15) is 0 Å². The second kappa shape index (κ2) is 12.2. The molecular formula is C52H32N2OS. The summed E-state index contributed by atoms with van der Waals surface area (Å²) in [7, 11) is 0. The molecular weight excluding hydrogens is 701 g/mol. The minimum absolute atomic E-state index is 0.879. The zero-order valence-corrected chi connectivity index (χ0v) is 31.0. The van der Waals surface area contributed by atoms with Gasteiger partial charge < -0.3 is 13.9 Å². The van der Waals surface area contributed by atoms with Crippen molar-refractivity contribution in [3.8, 4) is 16.8 Å². The van der Waals surface area contributed by atoms with E-state index in [0.29, 0.717) is 0 Å². The van der Waals surface area contributed by atoms with Crippen molar-refractivity contribution in [2.24, 2.45) is 0 Å². The van der Waals surface area contributed by atoms with Gasteiger partial charge in [-0.1, -0.05) is 109 Å². The van der Waals surface area contributed by atoms with E-state index in [1.165, 1.54) is 63.9 Å². The molecule has 56 heavy (non-hydrogen) atoms. The summed E-state index contributed by atoms with van der Waals surface area (Å²) in [5.41, 5.74) is 10.9. The molecule has 0 spiro atoms. The van der Waals surface area contributed by atoms with Gasteiger partial charge in [-0.05, 0) is 101 Å². The minimum atomic E-state index is 0.879. The molecule has 0 fully saturated rings. The van der Waals surface area contributed by atoms with Crippen LogP contribution < -0.4 is 4.90 Å². The lowest BCUT2D eigenvalue weighted by molar-refractivity contribution is 0.669. The number of hydrogen-bond acceptors (Lipinski definition) is 3. The van der Waals surface area contributed by atoms with Gasteiger partial charge in [0.15, 0.2) is 0 Å². The number of furan rings is 1. The number of benzene rings is 9. The summed E-state index contributed by atoms with van der Waals surface area (Å²) in [6.07, 6.45) is 0. The quantitative estimate of drug-likeness (QED) is 0.176. The summed E-state index contributed by atoms with van der Waals surface area (Å²) in [5, 5.41) is 9.89. The highest BCUT2D eigenvalue weighted by Gasteiger charge is 2.18. The van der Waals surface area contributed by atoms with Crippen molar-refractivity contribution in [3.63, 3.8) is 0 Å². The Morgan fingerprint density at radius 3 is 1.79 bits per heavy atom. The first-order valence-electron chi connectivity index (χ1n) is 19.0. The van der Waals surface area contributed by atoms with Crippen LogP contribution in [0.25, 0.3) is 91.5 Å². The van der Waals surface area contributed by atoms with Gasteiger partial charge in [-0.25, -0.2) is 0 Å². The Morgan fingerprint density at radius 2 is 0.964 bits per heavy atom. The average molecular weight is 733 g/mol. The fourth-order valence-electron chi connectivity index (χ4n) is 8.69. The van der Waals surface area contributed by atoms with Gasteiger partial charge in [0.05, 0.1) is 11.0 Å². The number of anilines is 3. The molecule has 0 saturated heterocycles. The van der Waals surface area contributed by atoms with E-state index in [0.717, 1.165) is 44.7 Å². The van der Waals surface area contributed by atoms with E-state index < -0.39 is 0 Å². The molecule has 0 aliphatic carbocycles. The molecule has 0 aliphatic rings. The maximum absolute atomic E-state index is 6.38. The average Bonchev–Trinajstić information content (AvgIpc) is 3.92. The third-order valence-corrected chi connectivity index (χ3v) is 12.5. The molecule has 0 radical (unpaired) electrons. The predicted octanol–water partition coefficient (Wildman–Crippen LogP) is 15.3. The molecule has 4 heteroatoms. The van der Waals surface area contributed by atoms with Crippen LogP contribution in [0.5, 0.6) is 0 Å². The topological polar surface area (TPSA) is 21.3 Å². The molecule has 0 aliphatic heterocycles. The molecule has 0 atom stereocenters. The lowest BCUT2D eigenvalue weighted by atomic mass is 10.0. The highest BCUT2D eigenvalue weighted by Crippen LogP contribution is 2.43. The van der Waals surface area contributed by atoms with E-state index in [4.69, 9.17) is 4.42 Å². The van der Waals surface area contributed by atoms with E-state index in [1.54, 1.807) is 0 Å². The molecule has 0 amide bonds. The van der Waals surface area contributed by atoms with Crippen molar-refractivity contribution < 1.29 is 4.42 Å². The van der Waals surface area contributed by atoms with Crippen LogP contribution >= 0.6 is 11.3 Å². The van der Waals surface area contributed by atoms with Crippen molar-refractivity contribution in [2.45, 2.75) is 0 Å². The standard InChI is InChI=1S/C52H32N2OS/c1-2-10-36-30-48-46(29-35(36)9-1)41-11-3-6-14-47(41)54(48)38-23-19-34(20-24-38)33-17-21-37(22-18-33)53(39-25-27-43-42-12-4-7-15-49(42)55-50(43)31-39)40-26-28-45-44-13-5-8-16-51(44)56-52(45)32-40/h1-32H. The highest BCUT2D eigenvalue weighted by molar-refractivity contribution is 7.25. The normalized spacial score (nSPS) is 11.9. The van der Waals surface area contributed by atoms with Gasteiger partial charge in [-0.2, -0.15) is 0 Å². The highest BCUT2D eigenvalue weighted by atomic mass is 32.1. The molecule has 3 nitrogen and oxygen atoms in total. The molecule has 12 rings (SSSR count). The van der Waals surface area contributed by atoms with Crippen LogP contribution in [0.2, 0.25) is 0 Å². The van der Waals surface area contributed by atoms with Gasteiger partial charge in [0.2, 0.25) is 0 Å². The SMILES string of the molecule is c1ccc2cc3c(cc2c1)c1ccccc1n3-c1ccc(-c2ccc(N(c3ccc4c(c3)oc3ccccc34)c3ccc4c(c3)sc3ccccc34)cc2)cc1. The molecule has 0 unspecified atom stereocenters. The van der Waals surface area contributed by atoms with Crippen LogP contribution in [0.1, 0.15) is 0 Å². The van der Waals surface area contributed by atoms with E-state index in [-0.39, 0.29) is 0 Å². The number of hydrogen-bond donors (Lipinski definition) is 0. The lowest BCUT2D eigenvalue weighted by Crippen LogP contribution is -2.09. The molecule has 12 aromatic rings. The largest absolute Gasteiger partial charge is 0.456 e. The van der Waals surface area contributed by atoms with Crippen molar-refractivity contribution in [2.75, 3.05) is 4.90 Å². The third-order valence-electron chi connectivity index (χ3n) is 11.4. The molecule has 0 bridgehead atoms. The lowest BCUT2D eigenvalue weighted by Gasteiger charge is -2.26. The van der Waals surface area contributed by atoms with Crippen molar-refractivity contribution in [1.29, 1.82) is 0 Å². The van der Waals surface area contributed by atoms with Crippen LogP contribution in [0.15, 0.2) is 199 Å². The van der Waals surface area contributed by atoms with Crippen LogP contribution in [-0.2, 0) is 0 Å². The van der Waals surface area contributed by atoms with E-state index >= 15 is 0 Å². The summed E-state index contributed by atoms with van der Waals surface area (Å²) in [6.45, 7) is 0. The zero-order valence-electron chi connectivity index (χ0n) is 30.2. The first-order valence-corrected chi connectivity index (χ1v) is 19.8. The van der Waals surface area contributed by atoms with Gasteiger partial charge >= 0.3 is 0 Å². The van der Waals surface area contributed by atoms with Gasteiger partial charge in [0.1, 0.15) is 11.2 Å². The number of para-hydroxylation sites is 2. The molecule has 0 saturated carbocycles. The van der Waals surface area contributed by atoms with Gasteiger partial charge in [0, 0.05) is 70.5 Å². The molecule has 262 valence electrons. The van der Waals surface area contributed by atoms with Crippen molar-refractivity contribution in [3.05, 3.63) is 194 Å². The third kappa shape index (κ3) is 4.83. The summed E-state index contributed by atoms with van der Waals surface area (Å²) < 4.78 is 11.3. The Hall–Kier alpha value is -7.14. The fourth-order valence-corrected chi connectivity index (χ4v) is 9.83. The second-order valence-corrected chi connectivity index (χ2v) is 15.6. The second-order valence-electron chi connectivity index (χ2n) is 14.6. The number of nitrogens with zero attached hydrogens (tertiary/aromatic N) is 2. The smallest absolute Gasteiger partial charge is 0.137 e. The maximum Gasteiger partial charge on any atom is 0.137 e. The molecule has 3 heterocycles. The van der Waals surface area contributed by atoms with E-state index in [2.05, 4.69) is 191 Å². The van der Waals surface area contributed by atoms with Crippen LogP contribution in [-0.4, -0.2) is 4.57 Å². The summed E-state index contributed by atoms with van der Waals surface area (Å²) in [4.78, 5) is 2.34. The first-order chi connectivity index (χ1) is 27.7. The molecule has 9 aromatic carbocycles. The molecule has 3 aromatic heterocycles. The zero-order chi connectivity index (χ0) is 36.7. The molecule has 0 N–H and O–H groups in total. The number of fused-ring (bicyclic) bond motifs is 10. The number of aromatic nitrogens is 1. The number of thiophene rings is 1. The van der Waals surface area contributed by atoms with Crippen molar-refractivity contribution >= 4 is 103 Å². The Morgan fingerprint density at radius 1 is 0.375 bits per heavy atom. The minimum Gasteiger partial charge on any atom is -0.456 e. The van der Waals surface area contributed by atoms with Gasteiger partial charge in [-0.15, -0.1) is 11.3 Å². The first kappa shape index (κ1) is 31.2.